The molecule has 0 saturated carbocycles. The van der Waals surface area contributed by atoms with Crippen molar-refractivity contribution < 1.29 is 18.0 Å². The van der Waals surface area contributed by atoms with Crippen LogP contribution in [0.2, 0.25) is 0 Å². The first-order valence-corrected chi connectivity index (χ1v) is 12.8. The van der Waals surface area contributed by atoms with Gasteiger partial charge in [-0.25, -0.2) is 13.2 Å². The molecule has 0 aromatic heterocycles. The van der Waals surface area contributed by atoms with Gasteiger partial charge in [-0.05, 0) is 50.1 Å². The topological polar surface area (TPSA) is 76.0 Å². The van der Waals surface area contributed by atoms with E-state index in [9.17, 15) is 13.2 Å². The van der Waals surface area contributed by atoms with Crippen LogP contribution >= 0.6 is 0 Å². The average Bonchev–Trinajstić information content (AvgIpc) is 3.13. The van der Waals surface area contributed by atoms with E-state index in [-0.39, 0.29) is 4.90 Å². The molecule has 3 aromatic rings. The summed E-state index contributed by atoms with van der Waals surface area (Å²) in [6.07, 6.45) is 0. The Balaban J connectivity index is 1.92. The van der Waals surface area contributed by atoms with Gasteiger partial charge in [-0.3, -0.25) is 4.31 Å². The largest absolute Gasteiger partial charge is 0.350 e. The van der Waals surface area contributed by atoms with E-state index in [0.29, 0.717) is 22.5 Å². The molecule has 35 heavy (non-hydrogen) atoms. The summed E-state index contributed by atoms with van der Waals surface area (Å²) in [6.45, 7) is 9.70. The maximum Gasteiger partial charge on any atom is 0.350 e. The van der Waals surface area contributed by atoms with E-state index in [1.807, 2.05) is 56.3 Å². The third-order valence-corrected chi connectivity index (χ3v) is 8.79. The fourth-order valence-corrected chi connectivity index (χ4v) is 7.18. The summed E-state index contributed by atoms with van der Waals surface area (Å²) in [5.74, 6) is -1.12. The summed E-state index contributed by atoms with van der Waals surface area (Å²) in [5, 5.41) is 4.08. The van der Waals surface area contributed by atoms with Crippen molar-refractivity contribution in [2.75, 3.05) is 4.31 Å². The molecule has 6 nitrogen and oxygen atoms in total. The molecule has 3 aromatic carbocycles. The zero-order chi connectivity index (χ0) is 25.0. The van der Waals surface area contributed by atoms with Gasteiger partial charge in [0, 0.05) is 5.92 Å². The van der Waals surface area contributed by atoms with Crippen LogP contribution in [0, 0.1) is 12.3 Å². The lowest BCUT2D eigenvalue weighted by Gasteiger charge is -2.51. The van der Waals surface area contributed by atoms with Crippen molar-refractivity contribution in [2.45, 2.75) is 37.6 Å². The molecule has 0 N–H and O–H groups in total. The Morgan fingerprint density at radius 3 is 2.20 bits per heavy atom. The van der Waals surface area contributed by atoms with Gasteiger partial charge in [0.2, 0.25) is 0 Å². The van der Waals surface area contributed by atoms with Crippen LogP contribution in [0.25, 0.3) is 0 Å². The lowest BCUT2D eigenvalue weighted by molar-refractivity contribution is -0.150. The number of carbonyl (C=O) groups is 1. The highest BCUT2D eigenvalue weighted by Crippen LogP contribution is 2.62. The van der Waals surface area contributed by atoms with Crippen molar-refractivity contribution in [2.24, 2.45) is 10.6 Å². The Kier molecular flexibility index (Phi) is 5.40. The molecule has 0 amide bonds. The lowest BCUT2D eigenvalue weighted by Crippen LogP contribution is -2.56. The number of para-hydroxylation sites is 1. The van der Waals surface area contributed by atoms with Gasteiger partial charge in [0.1, 0.15) is 5.41 Å². The minimum Gasteiger partial charge on any atom is -0.317 e. The molecule has 3 atom stereocenters. The molecule has 2 heterocycles. The van der Waals surface area contributed by atoms with Gasteiger partial charge in [-0.1, -0.05) is 83.5 Å². The maximum atomic E-state index is 14.4. The highest BCUT2D eigenvalue weighted by Gasteiger charge is 2.66. The van der Waals surface area contributed by atoms with Crippen LogP contribution in [0.3, 0.4) is 0 Å². The van der Waals surface area contributed by atoms with Crippen LogP contribution in [0.15, 0.2) is 101 Å². The normalized spacial score (nSPS) is 23.6. The van der Waals surface area contributed by atoms with E-state index in [2.05, 4.69) is 11.7 Å². The maximum absolute atomic E-state index is 14.4. The molecular weight excluding hydrogens is 460 g/mol. The molecular formula is C28H26N2O4S. The predicted octanol–water partition coefficient (Wildman–Crippen LogP) is 5.52. The molecule has 0 radical (unpaired) electrons. The highest BCUT2D eigenvalue weighted by atomic mass is 32.2. The fraction of sp³-hybridized carbons (Fsp3) is 0.214. The van der Waals surface area contributed by atoms with E-state index in [0.717, 1.165) is 11.1 Å². The van der Waals surface area contributed by atoms with Crippen LogP contribution in [0.4, 0.5) is 5.69 Å². The van der Waals surface area contributed by atoms with E-state index in [4.69, 9.17) is 4.84 Å². The number of anilines is 1. The average molecular weight is 487 g/mol. The van der Waals surface area contributed by atoms with E-state index < -0.39 is 33.4 Å². The third-order valence-electron chi connectivity index (χ3n) is 6.99. The van der Waals surface area contributed by atoms with Gasteiger partial charge in [-0.15, -0.1) is 0 Å². The van der Waals surface area contributed by atoms with Crippen molar-refractivity contribution in [3.63, 3.8) is 0 Å². The zero-order valence-electron chi connectivity index (χ0n) is 19.8. The monoisotopic (exact) mass is 486 g/mol. The zero-order valence-corrected chi connectivity index (χ0v) is 20.6. The Hall–Kier alpha value is -3.71. The Morgan fingerprint density at radius 2 is 1.60 bits per heavy atom. The number of aryl methyl sites for hydroxylation is 1. The number of oxime groups is 1. The van der Waals surface area contributed by atoms with Crippen LogP contribution in [0.5, 0.6) is 0 Å². The molecule has 7 heteroatoms. The molecule has 1 spiro atoms. The molecule has 0 unspecified atom stereocenters. The SMILES string of the molecule is C=C(C)[C@@H]1c2ccccc2N(S(=O)(=O)c2ccc(C)cc2)[C@H](c2ccccc2)[C@]12C(=O)ON=C2C. The second-order valence-corrected chi connectivity index (χ2v) is 11.0. The van der Waals surface area contributed by atoms with Gasteiger partial charge >= 0.3 is 5.97 Å². The first kappa shape index (κ1) is 23.1. The first-order valence-electron chi connectivity index (χ1n) is 11.4. The van der Waals surface area contributed by atoms with Crippen molar-refractivity contribution in [3.8, 4) is 0 Å². The summed E-state index contributed by atoms with van der Waals surface area (Å²) in [5.41, 5.74) is 2.53. The number of hydrogen-bond donors (Lipinski definition) is 0. The number of rotatable bonds is 4. The second-order valence-electron chi connectivity index (χ2n) is 9.19. The second kappa shape index (κ2) is 8.20. The van der Waals surface area contributed by atoms with E-state index in [1.54, 1.807) is 43.3 Å². The summed E-state index contributed by atoms with van der Waals surface area (Å²) in [7, 11) is -4.11. The van der Waals surface area contributed by atoms with E-state index >= 15 is 0 Å². The molecule has 5 rings (SSSR count). The van der Waals surface area contributed by atoms with Gasteiger partial charge < -0.3 is 4.84 Å². The smallest absolute Gasteiger partial charge is 0.317 e. The van der Waals surface area contributed by atoms with Crippen LogP contribution in [-0.2, 0) is 19.7 Å². The highest BCUT2D eigenvalue weighted by molar-refractivity contribution is 7.92. The Labute approximate surface area is 205 Å². The molecule has 2 aliphatic rings. The molecule has 0 aliphatic carbocycles. The number of carbonyl (C=O) groups excluding carboxylic acids is 1. The molecule has 0 fully saturated rings. The third kappa shape index (κ3) is 3.26. The first-order chi connectivity index (χ1) is 16.7. The van der Waals surface area contributed by atoms with Gasteiger partial charge in [0.05, 0.1) is 22.3 Å². The molecule has 178 valence electrons. The lowest BCUT2D eigenvalue weighted by atomic mass is 9.59. The van der Waals surface area contributed by atoms with Crippen LogP contribution < -0.4 is 4.31 Å². The predicted molar refractivity (Wildman–Crippen MR) is 136 cm³/mol. The Morgan fingerprint density at radius 1 is 0.971 bits per heavy atom. The summed E-state index contributed by atoms with van der Waals surface area (Å²) in [4.78, 5) is 19.1. The standard InChI is InChI=1S/C28H26N2O4S/c1-18(2)25-23-12-8-9-13-24(23)30(35(32,33)22-16-14-19(3)15-17-22)26(21-10-6-5-7-11-21)28(25)20(4)29-34-27(28)31/h5-17,25-26H,1H2,2-4H3/t25-,26-,28-/m1/s1. The quantitative estimate of drug-likeness (QED) is 0.359. The summed E-state index contributed by atoms with van der Waals surface area (Å²) < 4.78 is 30.2. The molecule has 0 saturated heterocycles. The molecule has 0 bridgehead atoms. The number of allylic oxidation sites excluding steroid dienone is 1. The minimum absolute atomic E-state index is 0.142. The van der Waals surface area contributed by atoms with Crippen molar-refractivity contribution in [1.82, 2.24) is 0 Å². The van der Waals surface area contributed by atoms with Gasteiger partial charge in [0.15, 0.2) is 0 Å². The minimum atomic E-state index is -4.11. The van der Waals surface area contributed by atoms with Crippen LogP contribution in [-0.4, -0.2) is 20.1 Å². The Bertz CT molecular complexity index is 1460. The van der Waals surface area contributed by atoms with Crippen molar-refractivity contribution >= 4 is 27.4 Å². The summed E-state index contributed by atoms with van der Waals surface area (Å²) in [6, 6.07) is 22.3. The van der Waals surface area contributed by atoms with E-state index in [1.165, 1.54) is 4.31 Å². The summed E-state index contributed by atoms with van der Waals surface area (Å²) >= 11 is 0. The fourth-order valence-electron chi connectivity index (χ4n) is 5.48. The van der Waals surface area contributed by atoms with Crippen molar-refractivity contribution in [1.29, 1.82) is 0 Å². The van der Waals surface area contributed by atoms with Gasteiger partial charge in [0.25, 0.3) is 10.0 Å². The number of sulfonamides is 1. The van der Waals surface area contributed by atoms with Crippen LogP contribution in [0.1, 0.15) is 42.5 Å². The number of hydrogen-bond acceptors (Lipinski definition) is 5. The number of benzene rings is 3. The number of nitrogens with zero attached hydrogens (tertiary/aromatic N) is 2. The number of fused-ring (bicyclic) bond motifs is 1. The van der Waals surface area contributed by atoms with Crippen molar-refractivity contribution in [3.05, 3.63) is 108 Å². The molecule has 2 aliphatic heterocycles. The van der Waals surface area contributed by atoms with Gasteiger partial charge in [-0.2, -0.15) is 0 Å².